The predicted molar refractivity (Wildman–Crippen MR) is 104 cm³/mol. The van der Waals surface area contributed by atoms with E-state index in [2.05, 4.69) is 15.3 Å². The number of Topliss-reactive ketones (excluding diaryl/α,β-unsaturated/α-hetero) is 1. The summed E-state index contributed by atoms with van der Waals surface area (Å²) < 4.78 is 5.07. The van der Waals surface area contributed by atoms with Crippen molar-refractivity contribution in [1.82, 2.24) is 9.97 Å². The van der Waals surface area contributed by atoms with E-state index in [0.717, 1.165) is 11.4 Å². The summed E-state index contributed by atoms with van der Waals surface area (Å²) in [6.45, 7) is 4.76. The van der Waals surface area contributed by atoms with Crippen LogP contribution in [0.25, 0.3) is 11.0 Å². The number of esters is 1. The van der Waals surface area contributed by atoms with Crippen molar-refractivity contribution in [2.24, 2.45) is 0 Å². The fraction of sp³-hybridized carbons (Fsp3) is 0.190. The first-order valence-electron chi connectivity index (χ1n) is 8.66. The van der Waals surface area contributed by atoms with Crippen molar-refractivity contribution in [3.05, 3.63) is 65.0 Å². The first kappa shape index (κ1) is 19.2. The maximum absolute atomic E-state index is 12.2. The summed E-state index contributed by atoms with van der Waals surface area (Å²) in [7, 11) is 0. The minimum atomic E-state index is -0.621. The zero-order chi connectivity index (χ0) is 20.3. The number of hydrogen-bond donors (Lipinski definition) is 1. The van der Waals surface area contributed by atoms with Gasteiger partial charge in [0, 0.05) is 11.3 Å². The molecule has 7 nitrogen and oxygen atoms in total. The quantitative estimate of drug-likeness (QED) is 0.541. The summed E-state index contributed by atoms with van der Waals surface area (Å²) in [5.74, 6) is -1.16. The van der Waals surface area contributed by atoms with Gasteiger partial charge in [0.05, 0.1) is 28.0 Å². The number of nitrogens with one attached hydrogen (secondary N) is 1. The van der Waals surface area contributed by atoms with E-state index < -0.39 is 18.5 Å². The average Bonchev–Trinajstić information content (AvgIpc) is 2.67. The van der Waals surface area contributed by atoms with E-state index in [9.17, 15) is 14.4 Å². The van der Waals surface area contributed by atoms with Crippen molar-refractivity contribution in [2.45, 2.75) is 20.8 Å². The van der Waals surface area contributed by atoms with E-state index in [0.29, 0.717) is 27.8 Å². The molecule has 0 atom stereocenters. The van der Waals surface area contributed by atoms with Gasteiger partial charge in [0.15, 0.2) is 12.4 Å². The molecule has 1 heterocycles. The molecule has 2 aromatic carbocycles. The minimum Gasteiger partial charge on any atom is -0.452 e. The molecule has 0 aliphatic carbocycles. The third-order valence-electron chi connectivity index (χ3n) is 4.22. The van der Waals surface area contributed by atoms with Crippen molar-refractivity contribution < 1.29 is 19.1 Å². The molecule has 0 radical (unpaired) electrons. The molecule has 0 bridgehead atoms. The standard InChI is InChI=1S/C21H19N3O4/c1-12-13(2)23-19-10-16(6-9-18(19)22-12)21(27)28-11-20(26)24-17-7-4-15(5-8-17)14(3)25/h4-10H,11H2,1-3H3,(H,24,26). The molecule has 1 N–H and O–H groups in total. The van der Waals surface area contributed by atoms with Crippen LogP contribution >= 0.6 is 0 Å². The fourth-order valence-corrected chi connectivity index (χ4v) is 2.56. The molecular weight excluding hydrogens is 358 g/mol. The number of fused-ring (bicyclic) bond motifs is 1. The summed E-state index contributed by atoms with van der Waals surface area (Å²) in [5, 5.41) is 2.61. The van der Waals surface area contributed by atoms with E-state index in [1.54, 1.807) is 42.5 Å². The number of ketones is 1. The van der Waals surface area contributed by atoms with Crippen LogP contribution in [0.5, 0.6) is 0 Å². The number of nitrogens with zero attached hydrogens (tertiary/aromatic N) is 2. The lowest BCUT2D eigenvalue weighted by atomic mass is 10.1. The number of aryl methyl sites for hydroxylation is 2. The third kappa shape index (κ3) is 4.37. The van der Waals surface area contributed by atoms with Gasteiger partial charge in [-0.1, -0.05) is 0 Å². The second kappa shape index (κ2) is 7.96. The second-order valence-corrected chi connectivity index (χ2v) is 6.36. The maximum Gasteiger partial charge on any atom is 0.338 e. The minimum absolute atomic E-state index is 0.0581. The van der Waals surface area contributed by atoms with Crippen molar-refractivity contribution in [3.8, 4) is 0 Å². The zero-order valence-electron chi connectivity index (χ0n) is 15.8. The molecule has 1 aromatic heterocycles. The van der Waals surface area contributed by atoms with Gasteiger partial charge in [-0.2, -0.15) is 0 Å². The highest BCUT2D eigenvalue weighted by Crippen LogP contribution is 2.15. The number of anilines is 1. The van der Waals surface area contributed by atoms with E-state index >= 15 is 0 Å². The molecule has 3 rings (SSSR count). The molecule has 3 aromatic rings. The number of aromatic nitrogens is 2. The van der Waals surface area contributed by atoms with E-state index in [-0.39, 0.29) is 5.78 Å². The lowest BCUT2D eigenvalue weighted by molar-refractivity contribution is -0.119. The zero-order valence-corrected chi connectivity index (χ0v) is 15.8. The molecule has 0 fully saturated rings. The monoisotopic (exact) mass is 377 g/mol. The van der Waals surface area contributed by atoms with Gasteiger partial charge in [0.1, 0.15) is 0 Å². The van der Waals surface area contributed by atoms with Gasteiger partial charge in [0.25, 0.3) is 5.91 Å². The smallest absolute Gasteiger partial charge is 0.338 e. The number of hydrogen-bond acceptors (Lipinski definition) is 6. The Labute approximate surface area is 161 Å². The fourth-order valence-electron chi connectivity index (χ4n) is 2.56. The highest BCUT2D eigenvalue weighted by molar-refractivity contribution is 5.98. The Bertz CT molecular complexity index is 1070. The number of rotatable bonds is 5. The summed E-state index contributed by atoms with van der Waals surface area (Å²) in [6.07, 6.45) is 0. The van der Waals surface area contributed by atoms with Gasteiger partial charge in [-0.25, -0.2) is 14.8 Å². The number of ether oxygens (including phenoxy) is 1. The predicted octanol–water partition coefficient (Wildman–Crippen LogP) is 3.24. The van der Waals surface area contributed by atoms with Crippen LogP contribution < -0.4 is 5.32 Å². The molecular formula is C21H19N3O4. The van der Waals surface area contributed by atoms with Gasteiger partial charge in [-0.05, 0) is 63.2 Å². The lowest BCUT2D eigenvalue weighted by Gasteiger charge is -2.08. The van der Waals surface area contributed by atoms with Crippen molar-refractivity contribution in [1.29, 1.82) is 0 Å². The van der Waals surface area contributed by atoms with Crippen LogP contribution in [0.3, 0.4) is 0 Å². The Morgan fingerprint density at radius 2 is 1.50 bits per heavy atom. The Hall–Kier alpha value is -3.61. The molecule has 0 spiro atoms. The third-order valence-corrected chi connectivity index (χ3v) is 4.22. The summed E-state index contributed by atoms with van der Waals surface area (Å²) in [4.78, 5) is 44.3. The van der Waals surface area contributed by atoms with Crippen LogP contribution in [0.15, 0.2) is 42.5 Å². The van der Waals surface area contributed by atoms with Gasteiger partial charge in [-0.3, -0.25) is 9.59 Å². The molecule has 1 amide bonds. The van der Waals surface area contributed by atoms with E-state index in [1.807, 2.05) is 13.8 Å². The number of carbonyl (C=O) groups is 3. The largest absolute Gasteiger partial charge is 0.452 e. The number of carbonyl (C=O) groups excluding carboxylic acids is 3. The van der Waals surface area contributed by atoms with Crippen LogP contribution in [-0.4, -0.2) is 34.2 Å². The van der Waals surface area contributed by atoms with Crippen LogP contribution in [0.2, 0.25) is 0 Å². The van der Waals surface area contributed by atoms with Crippen molar-refractivity contribution in [3.63, 3.8) is 0 Å². The first-order chi connectivity index (χ1) is 13.3. The number of benzene rings is 2. The van der Waals surface area contributed by atoms with Crippen LogP contribution in [0, 0.1) is 13.8 Å². The van der Waals surface area contributed by atoms with E-state index in [4.69, 9.17) is 4.74 Å². The molecule has 0 aliphatic heterocycles. The molecule has 0 saturated heterocycles. The van der Waals surface area contributed by atoms with Crippen molar-refractivity contribution in [2.75, 3.05) is 11.9 Å². The average molecular weight is 377 g/mol. The Morgan fingerprint density at radius 1 is 0.893 bits per heavy atom. The molecule has 0 saturated carbocycles. The molecule has 0 aliphatic rings. The van der Waals surface area contributed by atoms with Gasteiger partial charge in [-0.15, -0.1) is 0 Å². The molecule has 7 heteroatoms. The van der Waals surface area contributed by atoms with E-state index in [1.165, 1.54) is 6.92 Å². The Balaban J connectivity index is 1.61. The Morgan fingerprint density at radius 3 is 2.14 bits per heavy atom. The van der Waals surface area contributed by atoms with Gasteiger partial charge < -0.3 is 10.1 Å². The van der Waals surface area contributed by atoms with Crippen LogP contribution in [0.1, 0.15) is 39.0 Å². The second-order valence-electron chi connectivity index (χ2n) is 6.36. The number of amides is 1. The van der Waals surface area contributed by atoms with Crippen LogP contribution in [0.4, 0.5) is 5.69 Å². The molecule has 28 heavy (non-hydrogen) atoms. The molecule has 142 valence electrons. The van der Waals surface area contributed by atoms with Crippen molar-refractivity contribution >= 4 is 34.4 Å². The lowest BCUT2D eigenvalue weighted by Crippen LogP contribution is -2.21. The Kier molecular flexibility index (Phi) is 5.44. The summed E-state index contributed by atoms with van der Waals surface area (Å²) in [6, 6.07) is 11.3. The molecule has 0 unspecified atom stereocenters. The summed E-state index contributed by atoms with van der Waals surface area (Å²) in [5.41, 5.74) is 4.25. The van der Waals surface area contributed by atoms with Crippen LogP contribution in [-0.2, 0) is 9.53 Å². The van der Waals surface area contributed by atoms with Gasteiger partial charge >= 0.3 is 5.97 Å². The SMILES string of the molecule is CC(=O)c1ccc(NC(=O)COC(=O)c2ccc3nc(C)c(C)nc3c2)cc1. The highest BCUT2D eigenvalue weighted by atomic mass is 16.5. The highest BCUT2D eigenvalue weighted by Gasteiger charge is 2.12. The first-order valence-corrected chi connectivity index (χ1v) is 8.66. The maximum atomic E-state index is 12.2. The summed E-state index contributed by atoms with van der Waals surface area (Å²) >= 11 is 0. The topological polar surface area (TPSA) is 98.2 Å². The van der Waals surface area contributed by atoms with Gasteiger partial charge in [0.2, 0.25) is 0 Å². The normalized spacial score (nSPS) is 10.5.